The summed E-state index contributed by atoms with van der Waals surface area (Å²) < 4.78 is 5.78. The van der Waals surface area contributed by atoms with Gasteiger partial charge < -0.3 is 25.4 Å². The van der Waals surface area contributed by atoms with Crippen molar-refractivity contribution in [2.24, 2.45) is 0 Å². The van der Waals surface area contributed by atoms with E-state index in [-0.39, 0.29) is 18.8 Å². The summed E-state index contributed by atoms with van der Waals surface area (Å²) in [6, 6.07) is 0.510. The van der Waals surface area contributed by atoms with Crippen LogP contribution in [-0.2, 0) is 4.74 Å². The van der Waals surface area contributed by atoms with Crippen molar-refractivity contribution < 1.29 is 20.1 Å². The van der Waals surface area contributed by atoms with Crippen molar-refractivity contribution in [1.29, 1.82) is 0 Å². The van der Waals surface area contributed by atoms with Crippen LogP contribution >= 0.6 is 12.2 Å². The van der Waals surface area contributed by atoms with Crippen LogP contribution in [-0.4, -0.2) is 92.8 Å². The van der Waals surface area contributed by atoms with Crippen molar-refractivity contribution in [3.8, 4) is 0 Å². The minimum Gasteiger partial charge on any atom is -0.394 e. The Morgan fingerprint density at radius 2 is 1.88 bits per heavy atom. The van der Waals surface area contributed by atoms with E-state index in [1.807, 2.05) is 0 Å². The maximum atomic E-state index is 10.4. The Kier molecular flexibility index (Phi) is 5.27. The molecule has 0 bridgehead atoms. The van der Waals surface area contributed by atoms with Gasteiger partial charge >= 0.3 is 0 Å². The highest BCUT2D eigenvalue weighted by Crippen LogP contribution is 2.35. The summed E-state index contributed by atoms with van der Waals surface area (Å²) in [5.74, 6) is 0. The Bertz CT molecular complexity index is 507. The van der Waals surface area contributed by atoms with Crippen molar-refractivity contribution in [2.75, 3.05) is 19.9 Å². The molecule has 8 nitrogen and oxygen atoms in total. The minimum atomic E-state index is -1.08. The quantitative estimate of drug-likeness (QED) is 0.379. The molecule has 0 aromatic carbocycles. The van der Waals surface area contributed by atoms with Crippen LogP contribution in [0.1, 0.15) is 32.1 Å². The Labute approximate surface area is 153 Å². The van der Waals surface area contributed by atoms with E-state index in [0.29, 0.717) is 19.4 Å². The van der Waals surface area contributed by atoms with Crippen molar-refractivity contribution in [3.63, 3.8) is 0 Å². The van der Waals surface area contributed by atoms with Gasteiger partial charge in [-0.25, -0.2) is 4.90 Å². The van der Waals surface area contributed by atoms with Gasteiger partial charge in [0, 0.05) is 6.04 Å². The second-order valence-electron chi connectivity index (χ2n) is 7.50. The standard InChI is InChI=1S/C16H28N4O4S/c21-6-10-12(22)13(23)16(24-10)20-8-19(9-4-2-1-3-5-9)11-14(20)17-7-18-15(11)25/h9-14,16-17,21-23H,1-8H2,(H,18,25). The number of aliphatic hydroxyl groups excluding tert-OH is 3. The van der Waals surface area contributed by atoms with Gasteiger partial charge in [0.25, 0.3) is 0 Å². The fourth-order valence-electron chi connectivity index (χ4n) is 4.75. The van der Waals surface area contributed by atoms with Gasteiger partial charge in [0.05, 0.1) is 37.1 Å². The summed E-state index contributed by atoms with van der Waals surface area (Å²) >= 11 is 5.60. The number of ether oxygens (including phenoxy) is 1. The van der Waals surface area contributed by atoms with Crippen molar-refractivity contribution >= 4 is 17.2 Å². The zero-order valence-corrected chi connectivity index (χ0v) is 15.1. The Morgan fingerprint density at radius 1 is 1.12 bits per heavy atom. The number of thiocarbonyl (C=S) groups is 1. The highest BCUT2D eigenvalue weighted by Gasteiger charge is 2.54. The molecular formula is C16H28N4O4S. The van der Waals surface area contributed by atoms with E-state index in [0.717, 1.165) is 17.8 Å². The van der Waals surface area contributed by atoms with Crippen molar-refractivity contribution in [2.45, 2.75) is 74.9 Å². The molecule has 0 spiro atoms. The monoisotopic (exact) mass is 372 g/mol. The molecular weight excluding hydrogens is 344 g/mol. The average Bonchev–Trinajstić information content (AvgIpc) is 3.15. The molecule has 3 aliphatic heterocycles. The van der Waals surface area contributed by atoms with Crippen LogP contribution in [0.5, 0.6) is 0 Å². The van der Waals surface area contributed by atoms with Crippen LogP contribution in [0, 0.1) is 0 Å². The van der Waals surface area contributed by atoms with Crippen molar-refractivity contribution in [1.82, 2.24) is 20.4 Å². The molecule has 0 amide bonds. The molecule has 1 saturated carbocycles. The number of aliphatic hydroxyl groups is 3. The zero-order valence-electron chi connectivity index (χ0n) is 14.3. The molecule has 4 aliphatic rings. The number of nitrogens with zero attached hydrogens (tertiary/aromatic N) is 2. The Hall–Kier alpha value is -0.390. The molecule has 142 valence electrons. The topological polar surface area (TPSA) is 100 Å². The normalized spacial score (nSPS) is 44.0. The number of hydrogen-bond donors (Lipinski definition) is 5. The highest BCUT2D eigenvalue weighted by atomic mass is 32.1. The van der Waals surface area contributed by atoms with Gasteiger partial charge in [0.2, 0.25) is 0 Å². The van der Waals surface area contributed by atoms with Crippen LogP contribution in [0.4, 0.5) is 0 Å². The van der Waals surface area contributed by atoms with Gasteiger partial charge in [-0.3, -0.25) is 10.2 Å². The molecule has 0 radical (unpaired) electrons. The van der Waals surface area contributed by atoms with Crippen LogP contribution in [0.25, 0.3) is 0 Å². The molecule has 25 heavy (non-hydrogen) atoms. The predicted molar refractivity (Wildman–Crippen MR) is 94.5 cm³/mol. The van der Waals surface area contributed by atoms with E-state index in [2.05, 4.69) is 20.4 Å². The van der Waals surface area contributed by atoms with Gasteiger partial charge in [-0.05, 0) is 12.8 Å². The molecule has 4 rings (SSSR count). The molecule has 0 aromatic heterocycles. The molecule has 6 atom stereocenters. The first-order chi connectivity index (χ1) is 12.1. The third-order valence-corrected chi connectivity index (χ3v) is 6.46. The maximum absolute atomic E-state index is 10.4. The van der Waals surface area contributed by atoms with Gasteiger partial charge in [-0.2, -0.15) is 0 Å². The third kappa shape index (κ3) is 3.10. The van der Waals surface area contributed by atoms with Gasteiger partial charge in [-0.1, -0.05) is 31.5 Å². The summed E-state index contributed by atoms with van der Waals surface area (Å²) in [5, 5.41) is 36.6. The van der Waals surface area contributed by atoms with Gasteiger partial charge in [0.15, 0.2) is 0 Å². The zero-order chi connectivity index (χ0) is 17.6. The molecule has 0 aromatic rings. The minimum absolute atomic E-state index is 0.0352. The van der Waals surface area contributed by atoms with E-state index in [4.69, 9.17) is 17.0 Å². The van der Waals surface area contributed by atoms with E-state index in [1.54, 1.807) is 0 Å². The fourth-order valence-corrected chi connectivity index (χ4v) is 5.08. The molecule has 5 N–H and O–H groups in total. The number of hydrogen-bond acceptors (Lipinski definition) is 8. The first kappa shape index (κ1) is 18.0. The molecule has 6 unspecified atom stereocenters. The van der Waals surface area contributed by atoms with Crippen LogP contribution in [0.2, 0.25) is 0 Å². The first-order valence-electron chi connectivity index (χ1n) is 9.27. The molecule has 3 heterocycles. The summed E-state index contributed by atoms with van der Waals surface area (Å²) in [5.41, 5.74) is 0. The largest absolute Gasteiger partial charge is 0.394 e. The number of nitrogens with one attached hydrogen (secondary N) is 2. The summed E-state index contributed by atoms with van der Waals surface area (Å²) in [4.78, 5) is 5.29. The van der Waals surface area contributed by atoms with Gasteiger partial charge in [-0.15, -0.1) is 0 Å². The summed E-state index contributed by atoms with van der Waals surface area (Å²) in [6.07, 6.45) is 2.49. The third-order valence-electron chi connectivity index (χ3n) is 6.07. The lowest BCUT2D eigenvalue weighted by molar-refractivity contribution is -0.110. The lowest BCUT2D eigenvalue weighted by Gasteiger charge is -2.39. The smallest absolute Gasteiger partial charge is 0.142 e. The van der Waals surface area contributed by atoms with E-state index in [1.165, 1.54) is 19.3 Å². The van der Waals surface area contributed by atoms with E-state index >= 15 is 0 Å². The Balaban J connectivity index is 1.57. The van der Waals surface area contributed by atoms with Gasteiger partial charge in [0.1, 0.15) is 24.5 Å². The first-order valence-corrected chi connectivity index (χ1v) is 9.67. The maximum Gasteiger partial charge on any atom is 0.142 e. The van der Waals surface area contributed by atoms with Crippen LogP contribution in [0.3, 0.4) is 0 Å². The number of rotatable bonds is 3. The summed E-state index contributed by atoms with van der Waals surface area (Å²) in [6.45, 7) is 0.890. The average molecular weight is 372 g/mol. The lowest BCUT2D eigenvalue weighted by atomic mass is 9.93. The SMILES string of the molecule is OCC1OC(N2CN(C3CCCCC3)C3C(=S)NCNC32)C(O)C1O. The second-order valence-corrected chi connectivity index (χ2v) is 7.94. The van der Waals surface area contributed by atoms with Crippen LogP contribution < -0.4 is 10.6 Å². The molecule has 4 fully saturated rings. The second kappa shape index (κ2) is 7.32. The van der Waals surface area contributed by atoms with E-state index in [9.17, 15) is 15.3 Å². The van der Waals surface area contributed by atoms with Crippen LogP contribution in [0.15, 0.2) is 0 Å². The van der Waals surface area contributed by atoms with E-state index < -0.39 is 24.5 Å². The number of fused-ring (bicyclic) bond motifs is 1. The summed E-state index contributed by atoms with van der Waals surface area (Å²) in [7, 11) is 0. The predicted octanol–water partition coefficient (Wildman–Crippen LogP) is -1.49. The highest BCUT2D eigenvalue weighted by molar-refractivity contribution is 7.80. The molecule has 3 saturated heterocycles. The molecule has 9 heteroatoms. The lowest BCUT2D eigenvalue weighted by Crippen LogP contribution is -2.64. The fraction of sp³-hybridized carbons (Fsp3) is 0.938. The molecule has 1 aliphatic carbocycles. The Morgan fingerprint density at radius 3 is 2.56 bits per heavy atom. The van der Waals surface area contributed by atoms with Crippen molar-refractivity contribution in [3.05, 3.63) is 0 Å².